The second-order valence-electron chi connectivity index (χ2n) is 3.44. The third-order valence-corrected chi connectivity index (χ3v) is 3.56. The lowest BCUT2D eigenvalue weighted by molar-refractivity contribution is -0.0146. The normalized spacial score (nSPS) is 27.3. The van der Waals surface area contributed by atoms with Crippen LogP contribution >= 0.6 is 15.9 Å². The Morgan fingerprint density at radius 3 is 2.77 bits per heavy atom. The summed E-state index contributed by atoms with van der Waals surface area (Å²) in [4.78, 5) is 0. The Labute approximate surface area is 86.2 Å². The first-order chi connectivity index (χ1) is 6.24. The van der Waals surface area contributed by atoms with Gasteiger partial charge in [-0.2, -0.15) is 5.10 Å². The highest BCUT2D eigenvalue weighted by atomic mass is 79.9. The Morgan fingerprint density at radius 2 is 2.38 bits per heavy atom. The lowest BCUT2D eigenvalue weighted by Gasteiger charge is -2.36. The van der Waals surface area contributed by atoms with E-state index in [2.05, 4.69) is 32.6 Å². The van der Waals surface area contributed by atoms with E-state index in [9.17, 15) is 0 Å². The fourth-order valence-corrected chi connectivity index (χ4v) is 2.02. The van der Waals surface area contributed by atoms with Crippen LogP contribution in [0.2, 0.25) is 0 Å². The first-order valence-electron chi connectivity index (χ1n) is 4.46. The first kappa shape index (κ1) is 9.21. The Hall–Kier alpha value is -0.350. The van der Waals surface area contributed by atoms with Crippen LogP contribution in [0.5, 0.6) is 0 Å². The maximum Gasteiger partial charge on any atom is 0.0796 e. The van der Waals surface area contributed by atoms with Gasteiger partial charge in [0.1, 0.15) is 0 Å². The maximum absolute atomic E-state index is 5.34. The van der Waals surface area contributed by atoms with Gasteiger partial charge in [-0.3, -0.25) is 4.68 Å². The highest BCUT2D eigenvalue weighted by Gasteiger charge is 2.33. The molecule has 0 N–H and O–H groups in total. The zero-order valence-corrected chi connectivity index (χ0v) is 9.41. The number of ether oxygens (including phenoxy) is 1. The summed E-state index contributed by atoms with van der Waals surface area (Å²) >= 11 is 3.46. The second-order valence-corrected chi connectivity index (χ2v) is 4.30. The highest BCUT2D eigenvalue weighted by molar-refractivity contribution is 9.10. The molecule has 0 spiro atoms. The molecule has 0 radical (unpaired) electrons. The molecule has 0 aromatic carbocycles. The zero-order valence-electron chi connectivity index (χ0n) is 7.83. The largest absolute Gasteiger partial charge is 0.379 e. The zero-order chi connectivity index (χ0) is 9.42. The molecule has 1 aromatic heterocycles. The fourth-order valence-electron chi connectivity index (χ4n) is 1.74. The molecule has 3 nitrogen and oxygen atoms in total. The Bertz CT molecular complexity index is 309. The number of halogens is 1. The van der Waals surface area contributed by atoms with Crippen LogP contribution in [-0.2, 0) is 4.74 Å². The van der Waals surface area contributed by atoms with Crippen molar-refractivity contribution in [3.63, 3.8) is 0 Å². The van der Waals surface area contributed by atoms with Crippen molar-refractivity contribution in [3.8, 4) is 0 Å². The van der Waals surface area contributed by atoms with Crippen molar-refractivity contribution in [2.24, 2.45) is 0 Å². The van der Waals surface area contributed by atoms with Crippen LogP contribution in [0, 0.1) is 6.92 Å². The van der Waals surface area contributed by atoms with Crippen molar-refractivity contribution in [2.45, 2.75) is 31.9 Å². The van der Waals surface area contributed by atoms with E-state index in [1.165, 1.54) is 12.1 Å². The van der Waals surface area contributed by atoms with Gasteiger partial charge in [0.15, 0.2) is 0 Å². The molecule has 1 aliphatic rings. The van der Waals surface area contributed by atoms with Gasteiger partial charge < -0.3 is 4.74 Å². The van der Waals surface area contributed by atoms with E-state index in [0.717, 1.165) is 10.9 Å². The summed E-state index contributed by atoms with van der Waals surface area (Å²) in [6.07, 6.45) is 4.52. The molecule has 0 amide bonds. The summed E-state index contributed by atoms with van der Waals surface area (Å²) in [5.41, 5.74) is 1.19. The van der Waals surface area contributed by atoms with Crippen LogP contribution < -0.4 is 0 Å². The predicted molar refractivity (Wildman–Crippen MR) is 53.7 cm³/mol. The number of methoxy groups -OCH3 is 1. The van der Waals surface area contributed by atoms with Crippen LogP contribution in [0.1, 0.15) is 24.6 Å². The van der Waals surface area contributed by atoms with E-state index in [1.807, 2.05) is 6.20 Å². The monoisotopic (exact) mass is 244 g/mol. The van der Waals surface area contributed by atoms with Gasteiger partial charge in [-0.25, -0.2) is 0 Å². The minimum absolute atomic E-state index is 0.352. The number of hydrogen-bond donors (Lipinski definition) is 0. The molecular weight excluding hydrogens is 232 g/mol. The lowest BCUT2D eigenvalue weighted by atomic mass is 9.89. The molecule has 2 unspecified atom stereocenters. The molecule has 2 atom stereocenters. The minimum atomic E-state index is 0.352. The van der Waals surface area contributed by atoms with E-state index in [0.29, 0.717) is 12.1 Å². The summed E-state index contributed by atoms with van der Waals surface area (Å²) in [6.45, 7) is 2.07. The third-order valence-electron chi connectivity index (χ3n) is 2.78. The van der Waals surface area contributed by atoms with Gasteiger partial charge in [-0.05, 0) is 35.7 Å². The number of aromatic nitrogens is 2. The van der Waals surface area contributed by atoms with Gasteiger partial charge in [-0.15, -0.1) is 0 Å². The van der Waals surface area contributed by atoms with Crippen molar-refractivity contribution < 1.29 is 4.74 Å². The summed E-state index contributed by atoms with van der Waals surface area (Å²) < 4.78 is 8.48. The van der Waals surface area contributed by atoms with E-state index < -0.39 is 0 Å². The lowest BCUT2D eigenvalue weighted by Crippen LogP contribution is -2.36. The van der Waals surface area contributed by atoms with Crippen molar-refractivity contribution in [3.05, 3.63) is 16.4 Å². The molecule has 13 heavy (non-hydrogen) atoms. The van der Waals surface area contributed by atoms with Crippen molar-refractivity contribution >= 4 is 15.9 Å². The molecule has 0 saturated heterocycles. The molecule has 1 saturated carbocycles. The molecule has 1 aromatic rings. The van der Waals surface area contributed by atoms with E-state index >= 15 is 0 Å². The average Bonchev–Trinajstić information content (AvgIpc) is 2.35. The van der Waals surface area contributed by atoms with Crippen LogP contribution in [0.4, 0.5) is 0 Å². The quantitative estimate of drug-likeness (QED) is 0.799. The van der Waals surface area contributed by atoms with Crippen LogP contribution in [0.25, 0.3) is 0 Å². The van der Waals surface area contributed by atoms with Gasteiger partial charge in [0.05, 0.1) is 22.8 Å². The Kier molecular flexibility index (Phi) is 2.43. The second kappa shape index (κ2) is 3.42. The summed E-state index contributed by atoms with van der Waals surface area (Å²) in [6, 6.07) is 0.441. The van der Waals surface area contributed by atoms with E-state index in [1.54, 1.807) is 7.11 Å². The van der Waals surface area contributed by atoms with Crippen LogP contribution in [0.3, 0.4) is 0 Å². The fraction of sp³-hybridized carbons (Fsp3) is 0.667. The van der Waals surface area contributed by atoms with Crippen molar-refractivity contribution in [1.82, 2.24) is 9.78 Å². The number of rotatable bonds is 2. The Balaban J connectivity index is 2.21. The maximum atomic E-state index is 5.34. The van der Waals surface area contributed by atoms with Crippen LogP contribution in [0.15, 0.2) is 10.7 Å². The van der Waals surface area contributed by atoms with Gasteiger partial charge in [0.25, 0.3) is 0 Å². The molecule has 1 fully saturated rings. The smallest absolute Gasteiger partial charge is 0.0796 e. The molecule has 0 aliphatic heterocycles. The van der Waals surface area contributed by atoms with Gasteiger partial charge in [-0.1, -0.05) is 0 Å². The standard InChI is InChI=1S/C9H13BrN2O/c1-6-7(10)5-11-12(6)8-3-4-9(8)13-2/h5,8-9H,3-4H2,1-2H3. The van der Waals surface area contributed by atoms with Crippen molar-refractivity contribution in [1.29, 1.82) is 0 Å². The highest BCUT2D eigenvalue weighted by Crippen LogP contribution is 2.35. The number of hydrogen-bond acceptors (Lipinski definition) is 2. The van der Waals surface area contributed by atoms with Gasteiger partial charge >= 0.3 is 0 Å². The van der Waals surface area contributed by atoms with E-state index in [4.69, 9.17) is 4.74 Å². The molecule has 2 rings (SSSR count). The SMILES string of the molecule is COC1CCC1n1ncc(Br)c1C. The molecule has 4 heteroatoms. The molecule has 1 heterocycles. The number of nitrogens with zero attached hydrogens (tertiary/aromatic N) is 2. The average molecular weight is 245 g/mol. The summed E-state index contributed by atoms with van der Waals surface area (Å²) in [5, 5.41) is 4.33. The Morgan fingerprint density at radius 1 is 1.62 bits per heavy atom. The van der Waals surface area contributed by atoms with E-state index in [-0.39, 0.29) is 0 Å². The molecule has 1 aliphatic carbocycles. The van der Waals surface area contributed by atoms with Crippen LogP contribution in [-0.4, -0.2) is 23.0 Å². The molecule has 0 bridgehead atoms. The molecular formula is C9H13BrN2O. The first-order valence-corrected chi connectivity index (χ1v) is 5.25. The minimum Gasteiger partial charge on any atom is -0.379 e. The van der Waals surface area contributed by atoms with Gasteiger partial charge in [0.2, 0.25) is 0 Å². The topological polar surface area (TPSA) is 27.1 Å². The summed E-state index contributed by atoms with van der Waals surface area (Å²) in [7, 11) is 1.77. The van der Waals surface area contributed by atoms with Gasteiger partial charge in [0, 0.05) is 12.8 Å². The third kappa shape index (κ3) is 1.42. The van der Waals surface area contributed by atoms with Crippen molar-refractivity contribution in [2.75, 3.05) is 7.11 Å². The predicted octanol–water partition coefficient (Wildman–Crippen LogP) is 2.30. The molecule has 72 valence electrons. The summed E-state index contributed by atoms with van der Waals surface area (Å²) in [5.74, 6) is 0.